The summed E-state index contributed by atoms with van der Waals surface area (Å²) in [6.45, 7) is 4.78. The Balaban J connectivity index is 1.65. The number of fused-ring (bicyclic) bond motifs is 1. The van der Waals surface area contributed by atoms with Crippen LogP contribution in [0.3, 0.4) is 0 Å². The average molecular weight is 312 g/mol. The van der Waals surface area contributed by atoms with Crippen molar-refractivity contribution in [3.8, 4) is 0 Å². The normalized spacial score (nSPS) is 26.8. The van der Waals surface area contributed by atoms with Crippen LogP contribution in [0.25, 0.3) is 5.57 Å². The van der Waals surface area contributed by atoms with E-state index < -0.39 is 0 Å². The highest BCUT2D eigenvalue weighted by Gasteiger charge is 2.40. The van der Waals surface area contributed by atoms with Gasteiger partial charge in [0.15, 0.2) is 5.78 Å². The molecule has 0 amide bonds. The second kappa shape index (κ2) is 7.14. The van der Waals surface area contributed by atoms with Gasteiger partial charge in [0, 0.05) is 6.42 Å². The molecule has 3 atom stereocenters. The van der Waals surface area contributed by atoms with E-state index in [0.29, 0.717) is 12.2 Å². The third kappa shape index (κ3) is 3.73. The lowest BCUT2D eigenvalue weighted by Gasteiger charge is -2.37. The van der Waals surface area contributed by atoms with Gasteiger partial charge in [-0.2, -0.15) is 0 Å². The topological polar surface area (TPSA) is 35.5 Å². The second-order valence-electron chi connectivity index (χ2n) is 6.59. The van der Waals surface area contributed by atoms with Crippen molar-refractivity contribution in [2.24, 2.45) is 5.92 Å². The quantitative estimate of drug-likeness (QED) is 0.784. The molecule has 1 fully saturated rings. The molecule has 1 heterocycles. The van der Waals surface area contributed by atoms with Crippen LogP contribution in [-0.4, -0.2) is 24.6 Å². The van der Waals surface area contributed by atoms with Crippen LogP contribution < -0.4 is 0 Å². The highest BCUT2D eigenvalue weighted by Crippen LogP contribution is 2.37. The molecule has 1 aromatic carbocycles. The number of hydrogen-bond acceptors (Lipinski definition) is 3. The Kier molecular flexibility index (Phi) is 4.97. The van der Waals surface area contributed by atoms with Crippen molar-refractivity contribution >= 4 is 11.4 Å². The molecule has 0 aromatic heterocycles. The summed E-state index contributed by atoms with van der Waals surface area (Å²) >= 11 is 0. The fraction of sp³-hybridized carbons (Fsp3) is 0.450. The number of carbonyl (C=O) groups excluding carboxylic acids is 1. The van der Waals surface area contributed by atoms with E-state index in [4.69, 9.17) is 9.47 Å². The summed E-state index contributed by atoms with van der Waals surface area (Å²) in [6, 6.07) is 9.77. The van der Waals surface area contributed by atoms with Crippen LogP contribution in [0.2, 0.25) is 0 Å². The lowest BCUT2D eigenvalue weighted by atomic mass is 9.78. The summed E-state index contributed by atoms with van der Waals surface area (Å²) in [5.41, 5.74) is 2.91. The Bertz CT molecular complexity index is 611. The predicted molar refractivity (Wildman–Crippen MR) is 90.8 cm³/mol. The third-order valence-corrected chi connectivity index (χ3v) is 4.61. The molecule has 1 saturated carbocycles. The highest BCUT2D eigenvalue weighted by atomic mass is 16.5. The summed E-state index contributed by atoms with van der Waals surface area (Å²) in [5.74, 6) is 0.189. The van der Waals surface area contributed by atoms with Gasteiger partial charge in [-0.1, -0.05) is 42.0 Å². The maximum atomic E-state index is 12.8. The molecule has 0 saturated heterocycles. The Morgan fingerprint density at radius 3 is 2.78 bits per heavy atom. The van der Waals surface area contributed by atoms with E-state index in [9.17, 15) is 4.79 Å². The number of hydrogen-bond donors (Lipinski definition) is 0. The lowest BCUT2D eigenvalue weighted by molar-refractivity contribution is -0.127. The van der Waals surface area contributed by atoms with E-state index in [0.717, 1.165) is 24.8 Å². The molecule has 3 nitrogen and oxygen atoms in total. The monoisotopic (exact) mass is 312 g/mol. The minimum absolute atomic E-state index is 0.0292. The Labute approximate surface area is 138 Å². The van der Waals surface area contributed by atoms with E-state index in [-0.39, 0.29) is 23.9 Å². The molecule has 3 unspecified atom stereocenters. The van der Waals surface area contributed by atoms with Crippen LogP contribution >= 0.6 is 0 Å². The van der Waals surface area contributed by atoms with Crippen molar-refractivity contribution in [2.45, 2.75) is 45.3 Å². The van der Waals surface area contributed by atoms with E-state index in [1.54, 1.807) is 6.26 Å². The zero-order valence-corrected chi connectivity index (χ0v) is 13.8. The first-order chi connectivity index (χ1) is 11.1. The van der Waals surface area contributed by atoms with Crippen molar-refractivity contribution < 1.29 is 14.3 Å². The molecule has 1 aromatic rings. The summed E-state index contributed by atoms with van der Waals surface area (Å²) in [4.78, 5) is 12.8. The van der Waals surface area contributed by atoms with Gasteiger partial charge >= 0.3 is 0 Å². The largest absolute Gasteiger partial charge is 0.496 e. The first kappa shape index (κ1) is 16.0. The van der Waals surface area contributed by atoms with Crippen molar-refractivity contribution in [3.63, 3.8) is 0 Å². The maximum Gasteiger partial charge on any atom is 0.173 e. The van der Waals surface area contributed by atoms with E-state index in [1.165, 1.54) is 5.57 Å². The number of ketones is 1. The summed E-state index contributed by atoms with van der Waals surface area (Å²) in [5, 5.41) is 0. The fourth-order valence-corrected chi connectivity index (χ4v) is 3.29. The van der Waals surface area contributed by atoms with Crippen LogP contribution in [0.15, 0.2) is 48.2 Å². The first-order valence-electron chi connectivity index (χ1n) is 8.35. The van der Waals surface area contributed by atoms with Crippen LogP contribution in [0.4, 0.5) is 0 Å². The number of ether oxygens (including phenoxy) is 2. The zero-order chi connectivity index (χ0) is 16.2. The summed E-state index contributed by atoms with van der Waals surface area (Å²) < 4.78 is 11.8. The van der Waals surface area contributed by atoms with Gasteiger partial charge in [-0.15, -0.1) is 0 Å². The first-order valence-corrected chi connectivity index (χ1v) is 8.35. The SMILES string of the molecule is CC(C)=CCOC1CCC2C(=O)C(c3ccccc3)=COC2C1. The molecule has 0 N–H and O–H groups in total. The van der Waals surface area contributed by atoms with Crippen LogP contribution in [0, 0.1) is 5.92 Å². The standard InChI is InChI=1S/C20H24O3/c1-14(2)10-11-22-16-8-9-17-19(12-16)23-13-18(20(17)21)15-6-4-3-5-7-15/h3-7,10,13,16-17,19H,8-9,11-12H2,1-2H3. The maximum absolute atomic E-state index is 12.8. The van der Waals surface area contributed by atoms with Gasteiger partial charge in [0.25, 0.3) is 0 Å². The minimum atomic E-state index is -0.0413. The van der Waals surface area contributed by atoms with Crippen LogP contribution in [0.1, 0.15) is 38.7 Å². The second-order valence-corrected chi connectivity index (χ2v) is 6.59. The molecule has 1 aliphatic heterocycles. The lowest BCUT2D eigenvalue weighted by Crippen LogP contribution is -2.41. The fourth-order valence-electron chi connectivity index (χ4n) is 3.29. The van der Waals surface area contributed by atoms with E-state index >= 15 is 0 Å². The predicted octanol–water partition coefficient (Wildman–Crippen LogP) is 4.15. The molecule has 0 spiro atoms. The number of benzene rings is 1. The highest BCUT2D eigenvalue weighted by molar-refractivity contribution is 6.22. The number of rotatable bonds is 4. The van der Waals surface area contributed by atoms with Crippen molar-refractivity contribution in [1.82, 2.24) is 0 Å². The van der Waals surface area contributed by atoms with E-state index in [2.05, 4.69) is 19.9 Å². The molecule has 0 radical (unpaired) electrons. The van der Waals surface area contributed by atoms with Crippen molar-refractivity contribution in [2.75, 3.05) is 6.61 Å². The molecule has 3 heteroatoms. The number of Topliss-reactive ketones (excluding diaryl/α,β-unsaturated/α-hetero) is 1. The van der Waals surface area contributed by atoms with Crippen LogP contribution in [-0.2, 0) is 14.3 Å². The van der Waals surface area contributed by atoms with Crippen LogP contribution in [0.5, 0.6) is 0 Å². The molecule has 3 rings (SSSR count). The van der Waals surface area contributed by atoms with Gasteiger partial charge in [-0.3, -0.25) is 4.79 Å². The molecule has 1 aliphatic carbocycles. The Morgan fingerprint density at radius 2 is 2.04 bits per heavy atom. The molecule has 2 aliphatic rings. The Hall–Kier alpha value is -1.87. The minimum Gasteiger partial charge on any atom is -0.496 e. The van der Waals surface area contributed by atoms with Gasteiger partial charge in [-0.25, -0.2) is 0 Å². The number of allylic oxidation sites excluding steroid dienone is 2. The molecule has 122 valence electrons. The van der Waals surface area contributed by atoms with Gasteiger partial charge in [0.1, 0.15) is 6.10 Å². The molecular weight excluding hydrogens is 288 g/mol. The van der Waals surface area contributed by atoms with Gasteiger partial charge in [0.05, 0.1) is 30.5 Å². The Morgan fingerprint density at radius 1 is 1.26 bits per heavy atom. The smallest absolute Gasteiger partial charge is 0.173 e. The molecule has 0 bridgehead atoms. The van der Waals surface area contributed by atoms with Crippen molar-refractivity contribution in [3.05, 3.63) is 53.8 Å². The van der Waals surface area contributed by atoms with Crippen molar-refractivity contribution in [1.29, 1.82) is 0 Å². The number of carbonyl (C=O) groups is 1. The average Bonchev–Trinajstić information content (AvgIpc) is 2.55. The van der Waals surface area contributed by atoms with Gasteiger partial charge in [-0.05, 0) is 32.3 Å². The van der Waals surface area contributed by atoms with Gasteiger partial charge in [0.2, 0.25) is 0 Å². The zero-order valence-electron chi connectivity index (χ0n) is 13.8. The van der Waals surface area contributed by atoms with E-state index in [1.807, 2.05) is 30.3 Å². The summed E-state index contributed by atoms with van der Waals surface area (Å²) in [7, 11) is 0. The molecule has 23 heavy (non-hydrogen) atoms. The summed E-state index contributed by atoms with van der Waals surface area (Å²) in [6.07, 6.45) is 6.45. The third-order valence-electron chi connectivity index (χ3n) is 4.61. The van der Waals surface area contributed by atoms with Gasteiger partial charge < -0.3 is 9.47 Å². The molecular formula is C20H24O3.